The van der Waals surface area contributed by atoms with E-state index in [2.05, 4.69) is 41.8 Å². The molecule has 3 atom stereocenters. The number of hydrogen-bond donors (Lipinski definition) is 2. The first-order valence-corrected chi connectivity index (χ1v) is 13.9. The summed E-state index contributed by atoms with van der Waals surface area (Å²) in [4.78, 5) is 25.8. The van der Waals surface area contributed by atoms with Gasteiger partial charge in [-0.1, -0.05) is 45.6 Å². The zero-order valence-corrected chi connectivity index (χ0v) is 22.9. The number of hydrogen-bond acceptors (Lipinski definition) is 6. The van der Waals surface area contributed by atoms with E-state index >= 15 is 0 Å². The van der Waals surface area contributed by atoms with Gasteiger partial charge in [-0.2, -0.15) is 0 Å². The molecule has 1 aliphatic heterocycles. The van der Waals surface area contributed by atoms with Crippen molar-refractivity contribution in [3.63, 3.8) is 0 Å². The molecule has 3 unspecified atom stereocenters. The number of carbonyl (C=O) groups is 2. The Labute approximate surface area is 222 Å². The molecule has 0 radical (unpaired) electrons. The van der Waals surface area contributed by atoms with Crippen molar-refractivity contribution in [3.05, 3.63) is 45.0 Å². The van der Waals surface area contributed by atoms with Gasteiger partial charge in [0.15, 0.2) is 5.79 Å². The summed E-state index contributed by atoms with van der Waals surface area (Å²) < 4.78 is 20.1. The number of ether oxygens (including phenoxy) is 3. The second-order valence-electron chi connectivity index (χ2n) is 9.32. The molecule has 0 aromatic heterocycles. The summed E-state index contributed by atoms with van der Waals surface area (Å²) in [6.07, 6.45) is 8.35. The third kappa shape index (κ3) is 7.74. The fourth-order valence-electron chi connectivity index (χ4n) is 4.70. The largest absolute Gasteiger partial charge is 0.456 e. The summed E-state index contributed by atoms with van der Waals surface area (Å²) in [6.45, 7) is 4.35. The van der Waals surface area contributed by atoms with Crippen molar-refractivity contribution in [2.24, 2.45) is 0 Å². The van der Waals surface area contributed by atoms with Crippen LogP contribution < -0.4 is 5.32 Å². The fraction of sp³-hybridized carbons (Fsp3) is 0.630. The van der Waals surface area contributed by atoms with Crippen molar-refractivity contribution < 1.29 is 28.9 Å². The molecule has 1 aromatic rings. The maximum absolute atomic E-state index is 13.0. The number of aliphatic hydroxyl groups excluding tert-OH is 1. The molecule has 194 valence electrons. The summed E-state index contributed by atoms with van der Waals surface area (Å²) in [7, 11) is 0. The van der Waals surface area contributed by atoms with Crippen LogP contribution in [-0.4, -0.2) is 54.2 Å². The Kier molecular flexibility index (Phi) is 11.0. The van der Waals surface area contributed by atoms with Gasteiger partial charge < -0.3 is 24.6 Å². The van der Waals surface area contributed by atoms with E-state index in [-0.39, 0.29) is 25.5 Å². The number of rotatable bonds is 13. The first-order valence-electron chi connectivity index (χ1n) is 12.8. The van der Waals surface area contributed by atoms with Crippen LogP contribution in [0.1, 0.15) is 82.0 Å². The van der Waals surface area contributed by atoms with Crippen molar-refractivity contribution in [2.75, 3.05) is 13.2 Å². The van der Waals surface area contributed by atoms with Crippen molar-refractivity contribution in [1.29, 1.82) is 0 Å². The lowest BCUT2D eigenvalue weighted by atomic mass is 9.91. The lowest BCUT2D eigenvalue weighted by molar-refractivity contribution is -0.190. The minimum absolute atomic E-state index is 0.145. The molecule has 1 fully saturated rings. The van der Waals surface area contributed by atoms with Gasteiger partial charge in [-0.3, -0.25) is 4.79 Å². The van der Waals surface area contributed by atoms with Crippen LogP contribution in [0.4, 0.5) is 0 Å². The number of nitrogens with one attached hydrogen (secondary N) is 1. The normalized spacial score (nSPS) is 22.9. The van der Waals surface area contributed by atoms with Crippen LogP contribution in [0.2, 0.25) is 0 Å². The summed E-state index contributed by atoms with van der Waals surface area (Å²) in [6, 6.07) is 7.23. The number of amides is 1. The zero-order valence-electron chi connectivity index (χ0n) is 20.8. The van der Waals surface area contributed by atoms with Crippen LogP contribution in [0.5, 0.6) is 0 Å². The Morgan fingerprint density at radius 3 is 2.49 bits per heavy atom. The second kappa shape index (κ2) is 13.7. The minimum atomic E-state index is -0.736. The molecule has 1 saturated heterocycles. The first kappa shape index (κ1) is 28.1. The predicted octanol–water partition coefficient (Wildman–Crippen LogP) is 4.90. The van der Waals surface area contributed by atoms with Crippen LogP contribution in [-0.2, 0) is 19.0 Å². The first-order chi connectivity index (χ1) is 16.9. The van der Waals surface area contributed by atoms with Gasteiger partial charge in [-0.25, -0.2) is 4.79 Å². The Morgan fingerprint density at radius 2 is 1.86 bits per heavy atom. The predicted molar refractivity (Wildman–Crippen MR) is 142 cm³/mol. The molecule has 7 nitrogen and oxygen atoms in total. The molecule has 35 heavy (non-hydrogen) atoms. The number of benzene rings is 1. The van der Waals surface area contributed by atoms with Gasteiger partial charge in [0.25, 0.3) is 0 Å². The van der Waals surface area contributed by atoms with Gasteiger partial charge in [0.2, 0.25) is 5.91 Å². The monoisotopic (exact) mass is 599 g/mol. The lowest BCUT2D eigenvalue weighted by Crippen LogP contribution is -2.43. The Bertz CT molecular complexity index is 878. The number of carbonyl (C=O) groups excluding carboxylic acids is 2. The molecule has 1 heterocycles. The van der Waals surface area contributed by atoms with E-state index in [1.54, 1.807) is 12.1 Å². The lowest BCUT2D eigenvalue weighted by Gasteiger charge is -2.31. The van der Waals surface area contributed by atoms with Gasteiger partial charge >= 0.3 is 5.97 Å². The Balaban J connectivity index is 1.84. The molecular weight excluding hydrogens is 561 g/mol. The SMILES string of the molecule is CCCCCC1(CCCCC)OC2C=C(C(=O)NCCO)CC(OC(=O)c3cccc(I)c3)C2O1. The van der Waals surface area contributed by atoms with Crippen LogP contribution in [0.25, 0.3) is 0 Å². The Morgan fingerprint density at radius 1 is 1.14 bits per heavy atom. The van der Waals surface area contributed by atoms with E-state index in [0.29, 0.717) is 11.1 Å². The number of halogens is 1. The molecule has 2 aliphatic rings. The van der Waals surface area contributed by atoms with Crippen LogP contribution in [0.15, 0.2) is 35.9 Å². The number of esters is 1. The molecule has 1 amide bonds. The average Bonchev–Trinajstić information content (AvgIpc) is 3.21. The standard InChI is InChI=1S/C27H38INO6/c1-3-5-7-12-27(13-8-6-4-2)34-23-18-20(25(31)29-14-15-30)17-22(24(23)35-27)33-26(32)19-10-9-11-21(28)16-19/h9-11,16,18,22-24,30H,3-8,12-15,17H2,1-2H3,(H,29,31). The van der Waals surface area contributed by atoms with Crippen molar-refractivity contribution in [1.82, 2.24) is 5.32 Å². The van der Waals surface area contributed by atoms with Gasteiger partial charge in [0.1, 0.15) is 18.3 Å². The summed E-state index contributed by atoms with van der Waals surface area (Å²) in [5, 5.41) is 11.8. The molecule has 2 N–H and O–H groups in total. The summed E-state index contributed by atoms with van der Waals surface area (Å²) in [5.74, 6) is -1.46. The number of aliphatic hydroxyl groups is 1. The number of unbranched alkanes of at least 4 members (excludes halogenated alkanes) is 4. The second-order valence-corrected chi connectivity index (χ2v) is 10.6. The third-order valence-corrected chi connectivity index (χ3v) is 7.18. The van der Waals surface area contributed by atoms with Gasteiger partial charge in [0, 0.05) is 35.0 Å². The highest BCUT2D eigenvalue weighted by Gasteiger charge is 2.52. The maximum atomic E-state index is 13.0. The highest BCUT2D eigenvalue weighted by Crippen LogP contribution is 2.43. The van der Waals surface area contributed by atoms with E-state index < -0.39 is 30.1 Å². The van der Waals surface area contributed by atoms with Crippen molar-refractivity contribution in [2.45, 2.75) is 95.7 Å². The van der Waals surface area contributed by atoms with Crippen molar-refractivity contribution in [3.8, 4) is 0 Å². The topological polar surface area (TPSA) is 94.1 Å². The van der Waals surface area contributed by atoms with Gasteiger partial charge in [-0.15, -0.1) is 0 Å². The molecule has 1 aliphatic carbocycles. The van der Waals surface area contributed by atoms with E-state index in [1.165, 1.54) is 0 Å². The molecule has 0 spiro atoms. The van der Waals surface area contributed by atoms with Crippen molar-refractivity contribution >= 4 is 34.5 Å². The summed E-state index contributed by atoms with van der Waals surface area (Å²) >= 11 is 2.16. The number of fused-ring (bicyclic) bond motifs is 1. The third-order valence-electron chi connectivity index (χ3n) is 6.51. The fourth-order valence-corrected chi connectivity index (χ4v) is 5.25. The molecule has 0 saturated carbocycles. The van der Waals surface area contributed by atoms with Gasteiger partial charge in [0.05, 0.1) is 12.2 Å². The van der Waals surface area contributed by atoms with Gasteiger partial charge in [-0.05, 0) is 59.7 Å². The van der Waals surface area contributed by atoms with Crippen LogP contribution in [0.3, 0.4) is 0 Å². The molecule has 8 heteroatoms. The van der Waals surface area contributed by atoms with E-state index in [4.69, 9.17) is 19.3 Å². The van der Waals surface area contributed by atoms with E-state index in [0.717, 1.165) is 54.9 Å². The molecule has 1 aromatic carbocycles. The van der Waals surface area contributed by atoms with Crippen LogP contribution >= 0.6 is 22.6 Å². The molecule has 3 rings (SSSR count). The summed E-state index contributed by atoms with van der Waals surface area (Å²) in [5.41, 5.74) is 0.951. The van der Waals surface area contributed by atoms with Crippen LogP contribution in [0, 0.1) is 3.57 Å². The highest BCUT2D eigenvalue weighted by atomic mass is 127. The van der Waals surface area contributed by atoms with E-state index in [1.807, 2.05) is 18.2 Å². The highest BCUT2D eigenvalue weighted by molar-refractivity contribution is 14.1. The molecular formula is C27H38INO6. The maximum Gasteiger partial charge on any atom is 0.338 e. The quantitative estimate of drug-likeness (QED) is 0.191. The van der Waals surface area contributed by atoms with E-state index in [9.17, 15) is 9.59 Å². The molecule has 0 bridgehead atoms. The Hall–Kier alpha value is -1.49. The average molecular weight is 600 g/mol. The smallest absolute Gasteiger partial charge is 0.338 e. The minimum Gasteiger partial charge on any atom is -0.456 e. The zero-order chi connectivity index (χ0) is 25.3.